The summed E-state index contributed by atoms with van der Waals surface area (Å²) < 4.78 is 39.7. The van der Waals surface area contributed by atoms with E-state index in [9.17, 15) is 18.4 Å². The zero-order chi connectivity index (χ0) is 25.7. The van der Waals surface area contributed by atoms with Gasteiger partial charge < -0.3 is 14.8 Å². The molecule has 0 amide bonds. The Hall–Kier alpha value is -2.02. The Labute approximate surface area is 209 Å². The first-order valence-corrected chi connectivity index (χ1v) is 13.4. The molecule has 0 bridgehead atoms. The number of nitrogens with one attached hydrogen (secondary N) is 1. The molecule has 1 aromatic carbocycles. The maximum Gasteiger partial charge on any atom is 0.323 e. The van der Waals surface area contributed by atoms with Gasteiger partial charge in [-0.05, 0) is 51.5 Å². The minimum Gasteiger partial charge on any atom is -0.465 e. The van der Waals surface area contributed by atoms with Gasteiger partial charge in [0.1, 0.15) is 0 Å². The van der Waals surface area contributed by atoms with E-state index in [1.807, 2.05) is 0 Å². The number of hydrogen-bond donors (Lipinski definition) is 1. The topological polar surface area (TPSA) is 64.6 Å². The third-order valence-electron chi connectivity index (χ3n) is 6.97. The Bertz CT molecular complexity index is 796. The van der Waals surface area contributed by atoms with Gasteiger partial charge in [-0.2, -0.15) is 0 Å². The number of hydrogen-bond acceptors (Lipinski definition) is 5. The molecular formula is C28H43F2NO4. The first kappa shape index (κ1) is 29.2. The van der Waals surface area contributed by atoms with E-state index in [2.05, 4.69) is 12.2 Å². The van der Waals surface area contributed by atoms with Crippen molar-refractivity contribution in [1.29, 1.82) is 0 Å². The van der Waals surface area contributed by atoms with Gasteiger partial charge in [-0.3, -0.25) is 9.59 Å². The summed E-state index contributed by atoms with van der Waals surface area (Å²) in [5.41, 5.74) is -0.679. The van der Waals surface area contributed by atoms with Crippen molar-refractivity contribution in [2.24, 2.45) is 5.41 Å². The fourth-order valence-electron chi connectivity index (χ4n) is 4.87. The minimum atomic E-state index is -1.34. The Morgan fingerprint density at radius 3 is 2.03 bits per heavy atom. The number of carbonyl (C=O) groups excluding carboxylic acids is 2. The van der Waals surface area contributed by atoms with E-state index >= 15 is 0 Å². The van der Waals surface area contributed by atoms with E-state index in [4.69, 9.17) is 9.47 Å². The predicted molar refractivity (Wildman–Crippen MR) is 133 cm³/mol. The molecular weight excluding hydrogens is 452 g/mol. The molecule has 7 heteroatoms. The van der Waals surface area contributed by atoms with Crippen molar-refractivity contribution in [3.8, 4) is 0 Å². The highest BCUT2D eigenvalue weighted by Crippen LogP contribution is 2.41. The Morgan fingerprint density at radius 1 is 0.886 bits per heavy atom. The average Bonchev–Trinajstić information content (AvgIpc) is 3.29. The molecule has 1 aliphatic carbocycles. The lowest BCUT2D eigenvalue weighted by Gasteiger charge is -2.24. The fraction of sp³-hybridized carbons (Fsp3) is 0.714. The quantitative estimate of drug-likeness (QED) is 0.163. The molecule has 0 saturated heterocycles. The van der Waals surface area contributed by atoms with Crippen LogP contribution < -0.4 is 5.32 Å². The average molecular weight is 496 g/mol. The van der Waals surface area contributed by atoms with Crippen LogP contribution in [0.5, 0.6) is 0 Å². The lowest BCUT2D eigenvalue weighted by atomic mass is 9.86. The van der Waals surface area contributed by atoms with Crippen LogP contribution in [0.3, 0.4) is 0 Å². The third kappa shape index (κ3) is 8.26. The highest BCUT2D eigenvalue weighted by Gasteiger charge is 2.53. The second kappa shape index (κ2) is 15.2. The minimum absolute atomic E-state index is 0.118. The summed E-state index contributed by atoms with van der Waals surface area (Å²) in [5.74, 6) is -2.75. The van der Waals surface area contributed by atoms with E-state index < -0.39 is 29.0 Å². The molecule has 0 aromatic heterocycles. The van der Waals surface area contributed by atoms with Gasteiger partial charge in [0.25, 0.3) is 0 Å². The molecule has 5 nitrogen and oxygen atoms in total. The van der Waals surface area contributed by atoms with Gasteiger partial charge in [-0.25, -0.2) is 8.78 Å². The van der Waals surface area contributed by atoms with Crippen LogP contribution in [0.1, 0.15) is 103 Å². The van der Waals surface area contributed by atoms with E-state index in [0.29, 0.717) is 24.8 Å². The number of aryl methyl sites for hydroxylation is 1. The molecule has 1 saturated carbocycles. The highest BCUT2D eigenvalue weighted by molar-refractivity contribution is 6.00. The number of benzene rings is 1. The molecule has 1 aromatic rings. The summed E-state index contributed by atoms with van der Waals surface area (Å²) >= 11 is 0. The van der Waals surface area contributed by atoms with Crippen LogP contribution in [-0.2, 0) is 32.0 Å². The number of rotatable bonds is 16. The van der Waals surface area contributed by atoms with Crippen molar-refractivity contribution in [2.45, 2.75) is 110 Å². The molecule has 35 heavy (non-hydrogen) atoms. The van der Waals surface area contributed by atoms with Crippen molar-refractivity contribution in [3.05, 3.63) is 34.9 Å². The van der Waals surface area contributed by atoms with Crippen LogP contribution in [0.25, 0.3) is 0 Å². The zero-order valence-corrected chi connectivity index (χ0v) is 21.7. The second-order valence-electron chi connectivity index (χ2n) is 9.58. The number of unbranched alkanes of at least 4 members (excludes halogenated alkanes) is 7. The molecule has 0 heterocycles. The summed E-state index contributed by atoms with van der Waals surface area (Å²) in [4.78, 5) is 25.1. The predicted octanol–water partition coefficient (Wildman–Crippen LogP) is 6.40. The summed E-state index contributed by atoms with van der Waals surface area (Å²) in [7, 11) is 0. The Morgan fingerprint density at radius 2 is 1.43 bits per heavy atom. The monoisotopic (exact) mass is 495 g/mol. The van der Waals surface area contributed by atoms with E-state index in [1.165, 1.54) is 32.1 Å². The molecule has 1 N–H and O–H groups in total. The smallest absolute Gasteiger partial charge is 0.323 e. The van der Waals surface area contributed by atoms with Crippen LogP contribution in [0.4, 0.5) is 8.78 Å². The maximum absolute atomic E-state index is 14.7. The first-order valence-electron chi connectivity index (χ1n) is 13.4. The molecule has 1 aliphatic rings. The molecule has 1 atom stereocenters. The molecule has 0 aliphatic heterocycles. The summed E-state index contributed by atoms with van der Waals surface area (Å²) in [6.07, 6.45) is 10.9. The number of halogens is 2. The van der Waals surface area contributed by atoms with Gasteiger partial charge in [0.15, 0.2) is 17.0 Å². The molecule has 198 valence electrons. The van der Waals surface area contributed by atoms with Crippen LogP contribution in [0.15, 0.2) is 12.1 Å². The number of ether oxygens (including phenoxy) is 2. The highest BCUT2D eigenvalue weighted by atomic mass is 19.2. The van der Waals surface area contributed by atoms with E-state index in [0.717, 1.165) is 19.3 Å². The van der Waals surface area contributed by atoms with Gasteiger partial charge in [-0.15, -0.1) is 0 Å². The lowest BCUT2D eigenvalue weighted by molar-refractivity contribution is -0.171. The standard InChI is InChI=1S/C28H43F2NO4/c1-4-7-8-9-10-11-12-13-14-21-15-16-22(25(30)24(21)29)20-31-23-17-18-28(19-23,26(32)34-5-2)27(33)35-6-3/h15-16,23,31H,4-14,17-20H2,1-3H3. The molecule has 0 spiro atoms. The Kier molecular flexibility index (Phi) is 12.7. The van der Waals surface area contributed by atoms with Gasteiger partial charge in [-0.1, -0.05) is 64.0 Å². The zero-order valence-electron chi connectivity index (χ0n) is 21.7. The molecule has 1 fully saturated rings. The maximum atomic E-state index is 14.7. The van der Waals surface area contributed by atoms with Crippen molar-refractivity contribution in [2.75, 3.05) is 13.2 Å². The van der Waals surface area contributed by atoms with Gasteiger partial charge in [0, 0.05) is 18.2 Å². The largest absolute Gasteiger partial charge is 0.465 e. The van der Waals surface area contributed by atoms with Gasteiger partial charge >= 0.3 is 11.9 Å². The number of carbonyl (C=O) groups is 2. The van der Waals surface area contributed by atoms with Crippen molar-refractivity contribution in [3.63, 3.8) is 0 Å². The molecule has 1 unspecified atom stereocenters. The van der Waals surface area contributed by atoms with E-state index in [1.54, 1.807) is 26.0 Å². The SMILES string of the molecule is CCCCCCCCCCc1ccc(CNC2CCC(C(=O)OCC)(C(=O)OCC)C2)c(F)c1F. The first-order chi connectivity index (χ1) is 16.9. The molecule has 0 radical (unpaired) electrons. The van der Waals surface area contributed by atoms with Crippen molar-refractivity contribution < 1.29 is 27.8 Å². The van der Waals surface area contributed by atoms with Crippen LogP contribution in [-0.4, -0.2) is 31.2 Å². The normalized spacial score (nSPS) is 16.9. The lowest BCUT2D eigenvalue weighted by Crippen LogP contribution is -2.41. The van der Waals surface area contributed by atoms with Gasteiger partial charge in [0.05, 0.1) is 13.2 Å². The Balaban J connectivity index is 1.87. The van der Waals surface area contributed by atoms with Crippen LogP contribution in [0.2, 0.25) is 0 Å². The van der Waals surface area contributed by atoms with Crippen molar-refractivity contribution in [1.82, 2.24) is 5.32 Å². The third-order valence-corrected chi connectivity index (χ3v) is 6.97. The van der Waals surface area contributed by atoms with Gasteiger partial charge in [0.2, 0.25) is 0 Å². The summed E-state index contributed by atoms with van der Waals surface area (Å²) in [6, 6.07) is 3.10. The number of esters is 2. The molecule has 2 rings (SSSR count). The second-order valence-corrected chi connectivity index (χ2v) is 9.58. The van der Waals surface area contributed by atoms with Crippen molar-refractivity contribution >= 4 is 11.9 Å². The fourth-order valence-corrected chi connectivity index (χ4v) is 4.87. The van der Waals surface area contributed by atoms with Crippen LogP contribution in [0, 0.1) is 17.0 Å². The van der Waals surface area contributed by atoms with Crippen LogP contribution >= 0.6 is 0 Å². The summed E-state index contributed by atoms with van der Waals surface area (Å²) in [6.45, 7) is 6.05. The van der Waals surface area contributed by atoms with E-state index in [-0.39, 0.29) is 37.8 Å². The summed E-state index contributed by atoms with van der Waals surface area (Å²) in [5, 5.41) is 3.19.